The Morgan fingerprint density at radius 1 is 0.952 bits per heavy atom. The molecule has 0 bridgehead atoms. The summed E-state index contributed by atoms with van der Waals surface area (Å²) in [6, 6.07) is 14.9. The van der Waals surface area contributed by atoms with Crippen molar-refractivity contribution >= 4 is 39.1 Å². The molecule has 0 saturated carbocycles. The first-order chi connectivity index (χ1) is 10.1. The Morgan fingerprint density at radius 3 is 2.19 bits per heavy atom. The van der Waals surface area contributed by atoms with Gasteiger partial charge in [-0.05, 0) is 36.1 Å². The molecule has 0 atom stereocenters. The Hall–Kier alpha value is -0.570. The molecule has 0 radical (unpaired) electrons. The van der Waals surface area contributed by atoms with E-state index in [1.165, 1.54) is 17.7 Å². The second-order valence-corrected chi connectivity index (χ2v) is 6.73. The van der Waals surface area contributed by atoms with Gasteiger partial charge in [-0.25, -0.2) is 4.39 Å². The third-order valence-corrected chi connectivity index (χ3v) is 5.44. The van der Waals surface area contributed by atoms with Gasteiger partial charge in [0.1, 0.15) is 5.82 Å². The predicted octanol–water partition coefficient (Wildman–Crippen LogP) is 5.84. The van der Waals surface area contributed by atoms with Gasteiger partial charge < -0.3 is 0 Å². The molecule has 0 fully saturated rings. The van der Waals surface area contributed by atoms with E-state index in [0.717, 1.165) is 16.5 Å². The van der Waals surface area contributed by atoms with Crippen molar-refractivity contribution in [3.63, 3.8) is 0 Å². The van der Waals surface area contributed by atoms with Crippen molar-refractivity contribution in [2.75, 3.05) is 11.8 Å². The Bertz CT molecular complexity index is 583. The van der Waals surface area contributed by atoms with Gasteiger partial charge in [-0.2, -0.15) is 0 Å². The molecule has 21 heavy (non-hydrogen) atoms. The molecule has 0 N–H and O–H groups in total. The van der Waals surface area contributed by atoms with E-state index in [9.17, 15) is 4.39 Å². The highest BCUT2D eigenvalue weighted by atomic mass is 79.9. The van der Waals surface area contributed by atoms with Crippen molar-refractivity contribution in [3.05, 3.63) is 69.9 Å². The van der Waals surface area contributed by atoms with Crippen LogP contribution >= 0.6 is 39.1 Å². The molecule has 0 saturated heterocycles. The van der Waals surface area contributed by atoms with Crippen LogP contribution in [-0.4, -0.2) is 11.8 Å². The molecule has 0 heterocycles. The minimum Gasteiger partial charge on any atom is -0.207 e. The quantitative estimate of drug-likeness (QED) is 0.544. The minimum absolute atomic E-state index is 0.245. The number of halogens is 4. The average molecular weight is 390 g/mol. The maximum atomic E-state index is 13.2. The lowest BCUT2D eigenvalue weighted by Crippen LogP contribution is -2.31. The van der Waals surface area contributed by atoms with Crippen molar-refractivity contribution in [1.29, 1.82) is 0 Å². The summed E-state index contributed by atoms with van der Waals surface area (Å²) in [5, 5.41) is 0. The van der Waals surface area contributed by atoms with Gasteiger partial charge in [-0.15, -0.1) is 23.2 Å². The van der Waals surface area contributed by atoms with Crippen LogP contribution in [0.5, 0.6) is 0 Å². The second kappa shape index (κ2) is 7.62. The van der Waals surface area contributed by atoms with Crippen LogP contribution in [0.3, 0.4) is 0 Å². The maximum Gasteiger partial charge on any atom is 0.124 e. The lowest BCUT2D eigenvalue weighted by atomic mass is 9.80. The number of hydrogen-bond donors (Lipinski definition) is 0. The molecule has 112 valence electrons. The van der Waals surface area contributed by atoms with Gasteiger partial charge in [0, 0.05) is 21.6 Å². The van der Waals surface area contributed by atoms with Crippen LogP contribution in [0, 0.1) is 11.2 Å². The number of benzene rings is 2. The van der Waals surface area contributed by atoms with E-state index in [1.807, 2.05) is 18.2 Å². The molecule has 0 nitrogen and oxygen atoms in total. The summed E-state index contributed by atoms with van der Waals surface area (Å²) in [6.45, 7) is 0. The highest BCUT2D eigenvalue weighted by Gasteiger charge is 2.30. The smallest absolute Gasteiger partial charge is 0.124 e. The SMILES string of the molecule is Fc1ccc(CC(CCl)(CCl)Cc2ccccc2)c(Br)c1. The summed E-state index contributed by atoms with van der Waals surface area (Å²) in [4.78, 5) is 0. The summed E-state index contributed by atoms with van der Waals surface area (Å²) in [6.07, 6.45) is 1.50. The summed E-state index contributed by atoms with van der Waals surface area (Å²) < 4.78 is 14.0. The zero-order valence-corrected chi connectivity index (χ0v) is 14.6. The first-order valence-electron chi connectivity index (χ1n) is 6.68. The van der Waals surface area contributed by atoms with Crippen LogP contribution in [0.2, 0.25) is 0 Å². The molecule has 0 aromatic heterocycles. The maximum absolute atomic E-state index is 13.2. The van der Waals surface area contributed by atoms with E-state index >= 15 is 0 Å². The summed E-state index contributed by atoms with van der Waals surface area (Å²) in [5.74, 6) is 0.653. The fourth-order valence-corrected chi connectivity index (χ4v) is 3.54. The molecule has 2 aromatic rings. The number of rotatable bonds is 6. The van der Waals surface area contributed by atoms with Crippen molar-refractivity contribution in [1.82, 2.24) is 0 Å². The zero-order chi connectivity index (χ0) is 15.3. The van der Waals surface area contributed by atoms with Crippen molar-refractivity contribution < 1.29 is 4.39 Å². The Kier molecular flexibility index (Phi) is 6.09. The van der Waals surface area contributed by atoms with Crippen molar-refractivity contribution in [2.24, 2.45) is 5.41 Å². The Balaban J connectivity index is 2.25. The van der Waals surface area contributed by atoms with Crippen LogP contribution in [0.25, 0.3) is 0 Å². The van der Waals surface area contributed by atoms with E-state index in [1.54, 1.807) is 6.07 Å². The van der Waals surface area contributed by atoms with Crippen molar-refractivity contribution in [2.45, 2.75) is 12.8 Å². The molecule has 0 aliphatic carbocycles. The largest absolute Gasteiger partial charge is 0.207 e. The molecular weight excluding hydrogens is 374 g/mol. The third-order valence-electron chi connectivity index (χ3n) is 3.57. The lowest BCUT2D eigenvalue weighted by Gasteiger charge is -2.30. The van der Waals surface area contributed by atoms with Crippen LogP contribution < -0.4 is 0 Å². The fourth-order valence-electron chi connectivity index (χ4n) is 2.39. The van der Waals surface area contributed by atoms with Gasteiger partial charge in [-0.1, -0.05) is 52.3 Å². The van der Waals surface area contributed by atoms with Crippen LogP contribution in [0.4, 0.5) is 4.39 Å². The molecule has 0 aliphatic heterocycles. The van der Waals surface area contributed by atoms with Gasteiger partial charge in [0.25, 0.3) is 0 Å². The van der Waals surface area contributed by atoms with E-state index in [0.29, 0.717) is 18.2 Å². The Morgan fingerprint density at radius 2 is 1.62 bits per heavy atom. The lowest BCUT2D eigenvalue weighted by molar-refractivity contribution is 0.373. The van der Waals surface area contributed by atoms with Gasteiger partial charge in [0.2, 0.25) is 0 Å². The molecule has 4 heteroatoms. The molecule has 0 spiro atoms. The molecule has 2 rings (SSSR count). The minimum atomic E-state index is -0.254. The first-order valence-corrected chi connectivity index (χ1v) is 8.54. The molecule has 2 aromatic carbocycles. The summed E-state index contributed by atoms with van der Waals surface area (Å²) >= 11 is 15.9. The van der Waals surface area contributed by atoms with Crippen LogP contribution in [-0.2, 0) is 12.8 Å². The number of alkyl halides is 2. The van der Waals surface area contributed by atoms with Gasteiger partial charge in [0.05, 0.1) is 0 Å². The highest BCUT2D eigenvalue weighted by molar-refractivity contribution is 9.10. The standard InChI is InChI=1S/C17H16BrCl2F/c18-16-8-15(21)7-6-14(16)10-17(11-19,12-20)9-13-4-2-1-3-5-13/h1-8H,9-12H2. The van der Waals surface area contributed by atoms with Crippen LogP contribution in [0.1, 0.15) is 11.1 Å². The topological polar surface area (TPSA) is 0 Å². The normalized spacial score (nSPS) is 11.6. The van der Waals surface area contributed by atoms with Gasteiger partial charge in [0.15, 0.2) is 0 Å². The third kappa shape index (κ3) is 4.45. The van der Waals surface area contributed by atoms with E-state index in [4.69, 9.17) is 23.2 Å². The zero-order valence-electron chi connectivity index (χ0n) is 11.5. The second-order valence-electron chi connectivity index (χ2n) is 5.34. The summed E-state index contributed by atoms with van der Waals surface area (Å²) in [7, 11) is 0. The van der Waals surface area contributed by atoms with E-state index in [-0.39, 0.29) is 11.2 Å². The van der Waals surface area contributed by atoms with Gasteiger partial charge in [-0.3, -0.25) is 0 Å². The van der Waals surface area contributed by atoms with E-state index in [2.05, 4.69) is 28.1 Å². The average Bonchev–Trinajstić information content (AvgIpc) is 2.50. The van der Waals surface area contributed by atoms with Crippen molar-refractivity contribution in [3.8, 4) is 0 Å². The monoisotopic (exact) mass is 388 g/mol. The highest BCUT2D eigenvalue weighted by Crippen LogP contribution is 2.33. The summed E-state index contributed by atoms with van der Waals surface area (Å²) in [5.41, 5.74) is 1.98. The Labute approximate surface area is 143 Å². The molecule has 0 aliphatic rings. The number of hydrogen-bond acceptors (Lipinski definition) is 0. The van der Waals surface area contributed by atoms with E-state index < -0.39 is 0 Å². The molecular formula is C17H16BrCl2F. The first kappa shape index (κ1) is 16.8. The van der Waals surface area contributed by atoms with Crippen LogP contribution in [0.15, 0.2) is 53.0 Å². The fraction of sp³-hybridized carbons (Fsp3) is 0.294. The molecule has 0 amide bonds. The predicted molar refractivity (Wildman–Crippen MR) is 91.8 cm³/mol. The van der Waals surface area contributed by atoms with Gasteiger partial charge >= 0.3 is 0 Å². The molecule has 0 unspecified atom stereocenters.